The van der Waals surface area contributed by atoms with Crippen molar-refractivity contribution in [3.8, 4) is 5.75 Å². The molecule has 0 spiro atoms. The molecule has 2 nitrogen and oxygen atoms in total. The number of benzene rings is 2. The zero-order chi connectivity index (χ0) is 13.1. The standard InChI is InChI=1S/C15H15ClO2/c1-10-5-3-4-6-12(10)15(17)11-7-8-13(16)14(9-11)18-2/h3-9,15,17H,1-2H3. The van der Waals surface area contributed by atoms with Gasteiger partial charge < -0.3 is 9.84 Å². The van der Waals surface area contributed by atoms with E-state index >= 15 is 0 Å². The third-order valence-electron chi connectivity index (χ3n) is 2.97. The molecule has 18 heavy (non-hydrogen) atoms. The fourth-order valence-corrected chi connectivity index (χ4v) is 2.11. The van der Waals surface area contributed by atoms with Crippen LogP contribution in [0.4, 0.5) is 0 Å². The van der Waals surface area contributed by atoms with Gasteiger partial charge in [-0.1, -0.05) is 41.9 Å². The maximum Gasteiger partial charge on any atom is 0.137 e. The number of hydrogen-bond donors (Lipinski definition) is 1. The molecule has 2 aromatic carbocycles. The molecule has 0 aliphatic carbocycles. The minimum Gasteiger partial charge on any atom is -0.495 e. The van der Waals surface area contributed by atoms with Crippen LogP contribution in [0.2, 0.25) is 5.02 Å². The summed E-state index contributed by atoms with van der Waals surface area (Å²) in [6.07, 6.45) is -0.669. The molecule has 1 N–H and O–H groups in total. The Morgan fingerprint density at radius 3 is 2.56 bits per heavy atom. The summed E-state index contributed by atoms with van der Waals surface area (Å²) < 4.78 is 5.16. The zero-order valence-electron chi connectivity index (χ0n) is 10.4. The SMILES string of the molecule is COc1cc(C(O)c2ccccc2C)ccc1Cl. The molecule has 0 saturated heterocycles. The van der Waals surface area contributed by atoms with Crippen LogP contribution in [-0.2, 0) is 0 Å². The summed E-state index contributed by atoms with van der Waals surface area (Å²) in [6, 6.07) is 13.1. The lowest BCUT2D eigenvalue weighted by Gasteiger charge is -2.15. The van der Waals surface area contributed by atoms with Crippen molar-refractivity contribution >= 4 is 11.6 Å². The number of hydrogen-bond acceptors (Lipinski definition) is 2. The van der Waals surface area contributed by atoms with Gasteiger partial charge in [0, 0.05) is 0 Å². The van der Waals surface area contributed by atoms with Crippen LogP contribution in [0.25, 0.3) is 0 Å². The van der Waals surface area contributed by atoms with E-state index in [0.29, 0.717) is 10.8 Å². The van der Waals surface area contributed by atoms with Gasteiger partial charge in [-0.3, -0.25) is 0 Å². The summed E-state index contributed by atoms with van der Waals surface area (Å²) in [4.78, 5) is 0. The molecule has 0 aliphatic heterocycles. The van der Waals surface area contributed by atoms with Crippen LogP contribution in [-0.4, -0.2) is 12.2 Å². The van der Waals surface area contributed by atoms with Gasteiger partial charge in [0.2, 0.25) is 0 Å². The summed E-state index contributed by atoms with van der Waals surface area (Å²) in [5.74, 6) is 0.571. The summed E-state index contributed by atoms with van der Waals surface area (Å²) in [7, 11) is 1.56. The fraction of sp³-hybridized carbons (Fsp3) is 0.200. The Labute approximate surface area is 112 Å². The Morgan fingerprint density at radius 2 is 1.89 bits per heavy atom. The van der Waals surface area contributed by atoms with E-state index in [2.05, 4.69) is 0 Å². The number of ether oxygens (including phenoxy) is 1. The average Bonchev–Trinajstić information content (AvgIpc) is 2.39. The molecule has 2 aromatic rings. The van der Waals surface area contributed by atoms with E-state index in [1.54, 1.807) is 19.2 Å². The first-order chi connectivity index (χ1) is 8.63. The molecule has 0 amide bonds. The van der Waals surface area contributed by atoms with Gasteiger partial charge in [-0.2, -0.15) is 0 Å². The minimum atomic E-state index is -0.669. The lowest BCUT2D eigenvalue weighted by molar-refractivity contribution is 0.219. The number of rotatable bonds is 3. The van der Waals surface area contributed by atoms with Crippen molar-refractivity contribution in [2.24, 2.45) is 0 Å². The normalized spacial score (nSPS) is 12.2. The Bertz CT molecular complexity index is 552. The number of aliphatic hydroxyl groups is 1. The topological polar surface area (TPSA) is 29.5 Å². The number of halogens is 1. The molecule has 1 atom stereocenters. The fourth-order valence-electron chi connectivity index (χ4n) is 1.92. The number of methoxy groups -OCH3 is 1. The first-order valence-corrected chi connectivity index (χ1v) is 6.08. The first-order valence-electron chi connectivity index (χ1n) is 5.70. The predicted octanol–water partition coefficient (Wildman–Crippen LogP) is 3.74. The van der Waals surface area contributed by atoms with E-state index in [0.717, 1.165) is 16.7 Å². The zero-order valence-corrected chi connectivity index (χ0v) is 11.1. The lowest BCUT2D eigenvalue weighted by Crippen LogP contribution is -2.02. The molecule has 1 unspecified atom stereocenters. The Morgan fingerprint density at radius 1 is 1.17 bits per heavy atom. The van der Waals surface area contributed by atoms with Crippen LogP contribution in [0.1, 0.15) is 22.8 Å². The van der Waals surface area contributed by atoms with Gasteiger partial charge >= 0.3 is 0 Å². The molecule has 0 saturated carbocycles. The van der Waals surface area contributed by atoms with Crippen LogP contribution in [0, 0.1) is 6.92 Å². The lowest BCUT2D eigenvalue weighted by atomic mass is 9.97. The largest absolute Gasteiger partial charge is 0.495 e. The van der Waals surface area contributed by atoms with Crippen molar-refractivity contribution in [3.63, 3.8) is 0 Å². The molecule has 2 rings (SSSR count). The first kappa shape index (κ1) is 12.9. The van der Waals surface area contributed by atoms with Gasteiger partial charge in [-0.15, -0.1) is 0 Å². The third kappa shape index (κ3) is 2.50. The van der Waals surface area contributed by atoms with Crippen molar-refractivity contribution < 1.29 is 9.84 Å². The average molecular weight is 263 g/mol. The van der Waals surface area contributed by atoms with Crippen molar-refractivity contribution in [2.45, 2.75) is 13.0 Å². The molecule has 94 valence electrons. The molecular formula is C15H15ClO2. The molecule has 0 aromatic heterocycles. The van der Waals surface area contributed by atoms with Gasteiger partial charge in [0.15, 0.2) is 0 Å². The highest BCUT2D eigenvalue weighted by Gasteiger charge is 2.14. The van der Waals surface area contributed by atoms with Gasteiger partial charge in [0.1, 0.15) is 11.9 Å². The molecule has 0 aliphatic rings. The van der Waals surface area contributed by atoms with Crippen LogP contribution >= 0.6 is 11.6 Å². The van der Waals surface area contributed by atoms with E-state index in [9.17, 15) is 5.11 Å². The summed E-state index contributed by atoms with van der Waals surface area (Å²) >= 11 is 5.97. The predicted molar refractivity (Wildman–Crippen MR) is 73.2 cm³/mol. The highest BCUT2D eigenvalue weighted by Crippen LogP contribution is 2.31. The number of aliphatic hydroxyl groups excluding tert-OH is 1. The van der Waals surface area contributed by atoms with Gasteiger partial charge in [0.05, 0.1) is 12.1 Å². The van der Waals surface area contributed by atoms with E-state index in [4.69, 9.17) is 16.3 Å². The monoisotopic (exact) mass is 262 g/mol. The smallest absolute Gasteiger partial charge is 0.137 e. The molecule has 0 heterocycles. The van der Waals surface area contributed by atoms with E-state index < -0.39 is 6.10 Å². The van der Waals surface area contributed by atoms with Gasteiger partial charge in [0.25, 0.3) is 0 Å². The van der Waals surface area contributed by atoms with Gasteiger partial charge in [-0.25, -0.2) is 0 Å². The van der Waals surface area contributed by atoms with E-state index in [1.165, 1.54) is 0 Å². The number of aryl methyl sites for hydroxylation is 1. The molecule has 0 bridgehead atoms. The summed E-state index contributed by atoms with van der Waals surface area (Å²) in [5, 5.41) is 10.9. The third-order valence-corrected chi connectivity index (χ3v) is 3.29. The highest BCUT2D eigenvalue weighted by atomic mass is 35.5. The quantitative estimate of drug-likeness (QED) is 0.913. The molecule has 0 fully saturated rings. The summed E-state index contributed by atoms with van der Waals surface area (Å²) in [5.41, 5.74) is 2.71. The second-order valence-corrected chi connectivity index (χ2v) is 4.56. The van der Waals surface area contributed by atoms with Gasteiger partial charge in [-0.05, 0) is 35.7 Å². The Kier molecular flexibility index (Phi) is 3.90. The Balaban J connectivity index is 2.40. The second kappa shape index (κ2) is 5.42. The maximum absolute atomic E-state index is 10.4. The van der Waals surface area contributed by atoms with Crippen molar-refractivity contribution in [3.05, 3.63) is 64.2 Å². The molecular weight excluding hydrogens is 248 g/mol. The van der Waals surface area contributed by atoms with Crippen molar-refractivity contribution in [1.82, 2.24) is 0 Å². The van der Waals surface area contributed by atoms with Crippen LogP contribution < -0.4 is 4.74 Å². The van der Waals surface area contributed by atoms with E-state index in [1.807, 2.05) is 37.3 Å². The summed E-state index contributed by atoms with van der Waals surface area (Å²) in [6.45, 7) is 1.98. The van der Waals surface area contributed by atoms with Crippen LogP contribution in [0.3, 0.4) is 0 Å². The minimum absolute atomic E-state index is 0.540. The Hall–Kier alpha value is -1.51. The van der Waals surface area contributed by atoms with Crippen LogP contribution in [0.15, 0.2) is 42.5 Å². The highest BCUT2D eigenvalue weighted by molar-refractivity contribution is 6.32. The maximum atomic E-state index is 10.4. The molecule has 3 heteroatoms. The van der Waals surface area contributed by atoms with Crippen molar-refractivity contribution in [1.29, 1.82) is 0 Å². The van der Waals surface area contributed by atoms with Crippen molar-refractivity contribution in [2.75, 3.05) is 7.11 Å². The molecule has 0 radical (unpaired) electrons. The van der Waals surface area contributed by atoms with Crippen LogP contribution in [0.5, 0.6) is 5.75 Å². The second-order valence-electron chi connectivity index (χ2n) is 4.15. The van der Waals surface area contributed by atoms with E-state index in [-0.39, 0.29) is 0 Å².